The van der Waals surface area contributed by atoms with Crippen molar-refractivity contribution in [3.63, 3.8) is 0 Å². The van der Waals surface area contributed by atoms with Crippen LogP contribution in [0.1, 0.15) is 5.56 Å². The third kappa shape index (κ3) is 2.16. The topological polar surface area (TPSA) is 52.5 Å². The van der Waals surface area contributed by atoms with Crippen molar-refractivity contribution in [2.24, 2.45) is 0 Å². The van der Waals surface area contributed by atoms with E-state index in [9.17, 15) is 9.50 Å². The molecule has 1 aromatic rings. The normalized spacial score (nSPS) is 10.5. The van der Waals surface area contributed by atoms with Gasteiger partial charge in [-0.05, 0) is 26.1 Å². The van der Waals surface area contributed by atoms with E-state index in [1.807, 2.05) is 0 Å². The molecular formula is C9H11BrFNO2. The molecule has 1 rings (SSSR count). The fourth-order valence-electron chi connectivity index (χ4n) is 1.12. The second-order valence-corrected chi connectivity index (χ2v) is 3.72. The second kappa shape index (κ2) is 4.61. The number of hydrogen-bond donors (Lipinski definition) is 3. The molecule has 0 aliphatic rings. The fraction of sp³-hybridized carbons (Fsp3) is 0.333. The lowest BCUT2D eigenvalue weighted by Crippen LogP contribution is -2.10. The third-order valence-electron chi connectivity index (χ3n) is 1.90. The Morgan fingerprint density at radius 1 is 1.43 bits per heavy atom. The van der Waals surface area contributed by atoms with Gasteiger partial charge in [-0.2, -0.15) is 0 Å². The molecule has 0 bridgehead atoms. The number of phenols is 2. The highest BCUT2D eigenvalue weighted by Crippen LogP contribution is 2.36. The van der Waals surface area contributed by atoms with Crippen LogP contribution in [0.3, 0.4) is 0 Å². The van der Waals surface area contributed by atoms with Gasteiger partial charge in [-0.3, -0.25) is 0 Å². The van der Waals surface area contributed by atoms with Crippen LogP contribution in [-0.4, -0.2) is 23.8 Å². The molecule has 14 heavy (non-hydrogen) atoms. The van der Waals surface area contributed by atoms with Crippen LogP contribution in [0.5, 0.6) is 11.5 Å². The molecule has 0 aliphatic heterocycles. The summed E-state index contributed by atoms with van der Waals surface area (Å²) in [7, 11) is 1.77. The van der Waals surface area contributed by atoms with Crippen molar-refractivity contribution < 1.29 is 14.6 Å². The predicted octanol–water partition coefficient (Wildman–Crippen LogP) is 1.76. The first-order valence-electron chi connectivity index (χ1n) is 4.11. The number of halogens is 2. The smallest absolute Gasteiger partial charge is 0.194 e. The van der Waals surface area contributed by atoms with Crippen molar-refractivity contribution in [2.75, 3.05) is 13.6 Å². The van der Waals surface area contributed by atoms with Crippen LogP contribution in [-0.2, 0) is 6.42 Å². The highest BCUT2D eigenvalue weighted by molar-refractivity contribution is 9.10. The van der Waals surface area contributed by atoms with Gasteiger partial charge in [0.15, 0.2) is 17.3 Å². The fourth-order valence-corrected chi connectivity index (χ4v) is 1.71. The summed E-state index contributed by atoms with van der Waals surface area (Å²) < 4.78 is 13.3. The van der Waals surface area contributed by atoms with Crippen LogP contribution in [0.25, 0.3) is 0 Å². The molecule has 0 saturated carbocycles. The summed E-state index contributed by atoms with van der Waals surface area (Å²) in [6.45, 7) is 0.636. The zero-order chi connectivity index (χ0) is 10.7. The van der Waals surface area contributed by atoms with Gasteiger partial charge in [-0.1, -0.05) is 15.9 Å². The van der Waals surface area contributed by atoms with Crippen molar-refractivity contribution in [1.82, 2.24) is 5.32 Å². The van der Waals surface area contributed by atoms with Gasteiger partial charge < -0.3 is 15.5 Å². The first-order chi connectivity index (χ1) is 6.57. The average Bonchev–Trinajstić information content (AvgIpc) is 2.14. The Kier molecular flexibility index (Phi) is 3.71. The van der Waals surface area contributed by atoms with E-state index in [1.54, 1.807) is 7.05 Å². The van der Waals surface area contributed by atoms with Crippen LogP contribution in [0, 0.1) is 5.82 Å². The van der Waals surface area contributed by atoms with Gasteiger partial charge >= 0.3 is 0 Å². The molecule has 3 nitrogen and oxygen atoms in total. The SMILES string of the molecule is CNCCc1c(Br)cc(F)c(O)c1O. The quantitative estimate of drug-likeness (QED) is 0.729. The molecular weight excluding hydrogens is 253 g/mol. The second-order valence-electron chi connectivity index (χ2n) is 2.87. The van der Waals surface area contributed by atoms with Gasteiger partial charge in [0.2, 0.25) is 0 Å². The molecule has 0 radical (unpaired) electrons. The van der Waals surface area contributed by atoms with Gasteiger partial charge in [0.1, 0.15) is 0 Å². The van der Waals surface area contributed by atoms with Crippen LogP contribution in [0.2, 0.25) is 0 Å². The van der Waals surface area contributed by atoms with Crippen molar-refractivity contribution >= 4 is 15.9 Å². The predicted molar refractivity (Wildman–Crippen MR) is 55.1 cm³/mol. The van der Waals surface area contributed by atoms with E-state index >= 15 is 0 Å². The van der Waals surface area contributed by atoms with Crippen molar-refractivity contribution in [1.29, 1.82) is 0 Å². The van der Waals surface area contributed by atoms with Gasteiger partial charge in [-0.15, -0.1) is 0 Å². The van der Waals surface area contributed by atoms with E-state index in [2.05, 4.69) is 21.2 Å². The highest BCUT2D eigenvalue weighted by Gasteiger charge is 2.15. The maximum absolute atomic E-state index is 12.9. The average molecular weight is 264 g/mol. The molecule has 0 saturated heterocycles. The summed E-state index contributed by atoms with van der Waals surface area (Å²) in [6, 6.07) is 1.14. The molecule has 5 heteroatoms. The summed E-state index contributed by atoms with van der Waals surface area (Å²) in [6.07, 6.45) is 0.511. The van der Waals surface area contributed by atoms with Crippen LogP contribution < -0.4 is 5.32 Å². The largest absolute Gasteiger partial charge is 0.504 e. The number of rotatable bonds is 3. The van der Waals surface area contributed by atoms with E-state index in [4.69, 9.17) is 5.11 Å². The number of benzene rings is 1. The molecule has 0 unspecified atom stereocenters. The van der Waals surface area contributed by atoms with Gasteiger partial charge in [0.05, 0.1) is 0 Å². The van der Waals surface area contributed by atoms with Crippen molar-refractivity contribution in [2.45, 2.75) is 6.42 Å². The summed E-state index contributed by atoms with van der Waals surface area (Å²) in [4.78, 5) is 0. The van der Waals surface area contributed by atoms with Gasteiger partial charge in [0, 0.05) is 10.0 Å². The third-order valence-corrected chi connectivity index (χ3v) is 2.61. The number of phenolic OH excluding ortho intramolecular Hbond substituents is 2. The van der Waals surface area contributed by atoms with Crippen LogP contribution in [0.15, 0.2) is 10.5 Å². The molecule has 0 aliphatic carbocycles. The lowest BCUT2D eigenvalue weighted by molar-refractivity contribution is 0.374. The maximum atomic E-state index is 12.9. The lowest BCUT2D eigenvalue weighted by atomic mass is 10.1. The Balaban J connectivity index is 3.09. The summed E-state index contributed by atoms with van der Waals surface area (Å²) in [5.74, 6) is -1.92. The molecule has 0 heterocycles. The number of likely N-dealkylation sites (N-methyl/N-ethyl adjacent to an activating group) is 1. The van der Waals surface area contributed by atoms with E-state index in [0.29, 0.717) is 23.0 Å². The van der Waals surface area contributed by atoms with E-state index in [0.717, 1.165) is 6.07 Å². The van der Waals surface area contributed by atoms with Crippen LogP contribution >= 0.6 is 15.9 Å². The van der Waals surface area contributed by atoms with Crippen molar-refractivity contribution in [3.8, 4) is 11.5 Å². The Hall–Kier alpha value is -0.810. The molecule has 3 N–H and O–H groups in total. The highest BCUT2D eigenvalue weighted by atomic mass is 79.9. The van der Waals surface area contributed by atoms with Gasteiger partial charge in [-0.25, -0.2) is 4.39 Å². The number of hydrogen-bond acceptors (Lipinski definition) is 3. The molecule has 1 aromatic carbocycles. The summed E-state index contributed by atoms with van der Waals surface area (Å²) in [5.41, 5.74) is 0.498. The molecule has 0 aromatic heterocycles. The van der Waals surface area contributed by atoms with Crippen LogP contribution in [0.4, 0.5) is 4.39 Å². The number of nitrogens with one attached hydrogen (secondary N) is 1. The molecule has 0 atom stereocenters. The van der Waals surface area contributed by atoms with E-state index < -0.39 is 17.3 Å². The van der Waals surface area contributed by atoms with E-state index in [-0.39, 0.29) is 0 Å². The zero-order valence-electron chi connectivity index (χ0n) is 7.64. The first kappa shape index (κ1) is 11.3. The summed E-state index contributed by atoms with van der Waals surface area (Å²) >= 11 is 3.12. The Bertz CT molecular complexity index is 344. The molecule has 0 amide bonds. The lowest BCUT2D eigenvalue weighted by Gasteiger charge is -2.09. The maximum Gasteiger partial charge on any atom is 0.194 e. The molecule has 0 spiro atoms. The zero-order valence-corrected chi connectivity index (χ0v) is 9.23. The molecule has 0 fully saturated rings. The minimum absolute atomic E-state index is 0.396. The Morgan fingerprint density at radius 3 is 2.64 bits per heavy atom. The summed E-state index contributed by atoms with van der Waals surface area (Å²) in [5, 5.41) is 21.5. The Morgan fingerprint density at radius 2 is 2.07 bits per heavy atom. The van der Waals surface area contributed by atoms with Crippen molar-refractivity contribution in [3.05, 3.63) is 21.9 Å². The minimum atomic E-state index is -0.831. The molecule has 78 valence electrons. The standard InChI is InChI=1S/C9H11BrFNO2/c1-12-3-2-5-6(10)4-7(11)9(14)8(5)13/h4,12-14H,2-3H2,1H3. The Labute approximate surface area is 89.7 Å². The first-order valence-corrected chi connectivity index (χ1v) is 4.90. The van der Waals surface area contributed by atoms with Gasteiger partial charge in [0.25, 0.3) is 0 Å². The minimum Gasteiger partial charge on any atom is -0.504 e. The number of aromatic hydroxyl groups is 2. The van der Waals surface area contributed by atoms with E-state index in [1.165, 1.54) is 0 Å². The monoisotopic (exact) mass is 263 g/mol.